The van der Waals surface area contributed by atoms with Crippen molar-refractivity contribution in [1.82, 2.24) is 14.6 Å². The van der Waals surface area contributed by atoms with Crippen LogP contribution in [-0.4, -0.2) is 27.2 Å². The Kier molecular flexibility index (Phi) is 6.11. The van der Waals surface area contributed by atoms with Gasteiger partial charge in [-0.05, 0) is 35.1 Å². The third-order valence-electron chi connectivity index (χ3n) is 6.03. The third kappa shape index (κ3) is 4.43. The second-order valence-electron chi connectivity index (χ2n) is 8.71. The SMILES string of the molecule is CC(C)c1cnn2c(NCc3ccc4c(c3)N(C(=O)OCc3ccccc3)CC4)cc(Cl)nc12. The number of hydrogen-bond donors (Lipinski definition) is 1. The second-order valence-corrected chi connectivity index (χ2v) is 9.10. The first-order valence-electron chi connectivity index (χ1n) is 11.4. The quantitative estimate of drug-likeness (QED) is 0.356. The maximum Gasteiger partial charge on any atom is 0.414 e. The molecule has 174 valence electrons. The molecular weight excluding hydrogens is 450 g/mol. The van der Waals surface area contributed by atoms with Gasteiger partial charge < -0.3 is 10.1 Å². The Morgan fingerprint density at radius 3 is 2.76 bits per heavy atom. The lowest BCUT2D eigenvalue weighted by atomic mass is 10.1. The van der Waals surface area contributed by atoms with Gasteiger partial charge in [0, 0.05) is 24.7 Å². The van der Waals surface area contributed by atoms with Crippen LogP contribution in [0, 0.1) is 0 Å². The van der Waals surface area contributed by atoms with Crippen molar-refractivity contribution in [3.63, 3.8) is 0 Å². The number of nitrogens with one attached hydrogen (secondary N) is 1. The van der Waals surface area contributed by atoms with E-state index in [2.05, 4.69) is 41.4 Å². The van der Waals surface area contributed by atoms with Crippen molar-refractivity contribution in [2.45, 2.75) is 39.3 Å². The lowest BCUT2D eigenvalue weighted by molar-refractivity contribution is 0.147. The molecule has 0 saturated heterocycles. The first kappa shape index (κ1) is 22.2. The van der Waals surface area contributed by atoms with Crippen molar-refractivity contribution >= 4 is 34.8 Å². The molecule has 0 unspecified atom stereocenters. The van der Waals surface area contributed by atoms with Gasteiger partial charge in [-0.3, -0.25) is 4.90 Å². The zero-order chi connectivity index (χ0) is 23.7. The average Bonchev–Trinajstić information content (AvgIpc) is 3.46. The minimum atomic E-state index is -0.326. The molecular formula is C26H26ClN5O2. The maximum absolute atomic E-state index is 12.8. The molecule has 1 aliphatic heterocycles. The van der Waals surface area contributed by atoms with Crippen LogP contribution < -0.4 is 10.2 Å². The minimum absolute atomic E-state index is 0.258. The summed E-state index contributed by atoms with van der Waals surface area (Å²) in [4.78, 5) is 18.9. The lowest BCUT2D eigenvalue weighted by Gasteiger charge is -2.18. The van der Waals surface area contributed by atoms with E-state index in [1.54, 1.807) is 15.5 Å². The van der Waals surface area contributed by atoms with Gasteiger partial charge in [0.15, 0.2) is 5.65 Å². The molecule has 7 nitrogen and oxygen atoms in total. The Morgan fingerprint density at radius 1 is 1.15 bits per heavy atom. The van der Waals surface area contributed by atoms with Crippen LogP contribution in [0.1, 0.15) is 42.0 Å². The predicted octanol–water partition coefficient (Wildman–Crippen LogP) is 5.82. The number of aromatic nitrogens is 3. The number of carbonyl (C=O) groups is 1. The summed E-state index contributed by atoms with van der Waals surface area (Å²) in [5.74, 6) is 1.06. The molecule has 0 spiro atoms. The average molecular weight is 476 g/mol. The molecule has 0 bridgehead atoms. The molecule has 1 amide bonds. The summed E-state index contributed by atoms with van der Waals surface area (Å²) in [6.45, 7) is 5.63. The number of ether oxygens (including phenoxy) is 1. The van der Waals surface area contributed by atoms with Crippen LogP contribution in [0.3, 0.4) is 0 Å². The Morgan fingerprint density at radius 2 is 1.97 bits per heavy atom. The summed E-state index contributed by atoms with van der Waals surface area (Å²) in [5.41, 5.74) is 5.85. The van der Waals surface area contributed by atoms with Gasteiger partial charge in [-0.2, -0.15) is 9.61 Å². The largest absolute Gasteiger partial charge is 0.444 e. The number of hydrogen-bond acceptors (Lipinski definition) is 5. The van der Waals surface area contributed by atoms with E-state index < -0.39 is 0 Å². The van der Waals surface area contributed by atoms with Gasteiger partial charge in [-0.15, -0.1) is 0 Å². The highest BCUT2D eigenvalue weighted by molar-refractivity contribution is 6.29. The molecule has 3 heterocycles. The summed E-state index contributed by atoms with van der Waals surface area (Å²) >= 11 is 6.29. The third-order valence-corrected chi connectivity index (χ3v) is 6.23. The number of benzene rings is 2. The van der Waals surface area contributed by atoms with Gasteiger partial charge in [-0.25, -0.2) is 9.78 Å². The normalized spacial score (nSPS) is 12.9. The Hall–Kier alpha value is -3.58. The number of carbonyl (C=O) groups excluding carboxylic acids is 1. The summed E-state index contributed by atoms with van der Waals surface area (Å²) in [7, 11) is 0. The molecule has 2 aromatic carbocycles. The Balaban J connectivity index is 1.31. The number of fused-ring (bicyclic) bond motifs is 2. The number of rotatable bonds is 6. The van der Waals surface area contributed by atoms with E-state index in [4.69, 9.17) is 16.3 Å². The topological polar surface area (TPSA) is 71.8 Å². The summed E-state index contributed by atoms with van der Waals surface area (Å²) in [6.07, 6.45) is 2.33. The fraction of sp³-hybridized carbons (Fsp3) is 0.269. The molecule has 0 atom stereocenters. The van der Waals surface area contributed by atoms with Gasteiger partial charge >= 0.3 is 6.09 Å². The molecule has 2 aromatic heterocycles. The molecule has 1 N–H and O–H groups in total. The first-order valence-corrected chi connectivity index (χ1v) is 11.8. The van der Waals surface area contributed by atoms with Crippen molar-refractivity contribution in [2.75, 3.05) is 16.8 Å². The zero-order valence-electron chi connectivity index (χ0n) is 19.2. The van der Waals surface area contributed by atoms with Crippen LogP contribution >= 0.6 is 11.6 Å². The predicted molar refractivity (Wildman–Crippen MR) is 134 cm³/mol. The van der Waals surface area contributed by atoms with Crippen molar-refractivity contribution in [2.24, 2.45) is 0 Å². The smallest absolute Gasteiger partial charge is 0.414 e. The van der Waals surface area contributed by atoms with Crippen molar-refractivity contribution < 1.29 is 9.53 Å². The van der Waals surface area contributed by atoms with E-state index in [-0.39, 0.29) is 12.7 Å². The first-order chi connectivity index (χ1) is 16.5. The minimum Gasteiger partial charge on any atom is -0.444 e. The fourth-order valence-electron chi connectivity index (χ4n) is 4.20. The van der Waals surface area contributed by atoms with Crippen molar-refractivity contribution in [3.8, 4) is 0 Å². The van der Waals surface area contributed by atoms with Gasteiger partial charge in [0.05, 0.1) is 11.9 Å². The van der Waals surface area contributed by atoms with Crippen LogP contribution in [0.15, 0.2) is 60.8 Å². The van der Waals surface area contributed by atoms with E-state index in [0.717, 1.165) is 45.8 Å². The highest BCUT2D eigenvalue weighted by atomic mass is 35.5. The standard InChI is InChI=1S/C26H26ClN5O2/c1-17(2)21-15-29-32-24(13-23(27)30-25(21)32)28-14-19-8-9-20-10-11-31(22(20)12-19)26(33)34-16-18-6-4-3-5-7-18/h3-9,12-13,15,17,28H,10-11,14,16H2,1-2H3. The number of amides is 1. The van der Waals surface area contributed by atoms with Crippen molar-refractivity contribution in [3.05, 3.63) is 88.2 Å². The molecule has 0 saturated carbocycles. The van der Waals surface area contributed by atoms with E-state index in [9.17, 15) is 4.79 Å². The van der Waals surface area contributed by atoms with Gasteiger partial charge in [-0.1, -0.05) is 67.9 Å². The van der Waals surface area contributed by atoms with Crippen LogP contribution in [0.4, 0.5) is 16.3 Å². The van der Waals surface area contributed by atoms with E-state index in [0.29, 0.717) is 24.2 Å². The van der Waals surface area contributed by atoms with Crippen LogP contribution in [0.25, 0.3) is 5.65 Å². The highest BCUT2D eigenvalue weighted by Crippen LogP contribution is 2.30. The maximum atomic E-state index is 12.8. The summed E-state index contributed by atoms with van der Waals surface area (Å²) in [6, 6.07) is 17.7. The summed E-state index contributed by atoms with van der Waals surface area (Å²) < 4.78 is 7.34. The zero-order valence-corrected chi connectivity index (χ0v) is 19.9. The number of halogens is 1. The molecule has 4 aromatic rings. The van der Waals surface area contributed by atoms with Crippen LogP contribution in [-0.2, 0) is 24.3 Å². The lowest BCUT2D eigenvalue weighted by Crippen LogP contribution is -2.29. The van der Waals surface area contributed by atoms with E-state index in [1.807, 2.05) is 42.6 Å². The molecule has 0 aliphatic carbocycles. The monoisotopic (exact) mass is 475 g/mol. The van der Waals surface area contributed by atoms with Gasteiger partial charge in [0.1, 0.15) is 17.6 Å². The highest BCUT2D eigenvalue weighted by Gasteiger charge is 2.26. The second kappa shape index (κ2) is 9.35. The fourth-order valence-corrected chi connectivity index (χ4v) is 4.38. The summed E-state index contributed by atoms with van der Waals surface area (Å²) in [5, 5.41) is 8.33. The van der Waals surface area contributed by atoms with E-state index >= 15 is 0 Å². The van der Waals surface area contributed by atoms with E-state index in [1.165, 1.54) is 0 Å². The molecule has 0 radical (unpaired) electrons. The number of anilines is 2. The van der Waals surface area contributed by atoms with Gasteiger partial charge in [0.2, 0.25) is 0 Å². The molecule has 34 heavy (non-hydrogen) atoms. The molecule has 8 heteroatoms. The Bertz CT molecular complexity index is 1340. The van der Waals surface area contributed by atoms with Gasteiger partial charge in [0.25, 0.3) is 0 Å². The number of nitrogens with zero attached hydrogens (tertiary/aromatic N) is 4. The Labute approximate surface area is 203 Å². The molecule has 0 fully saturated rings. The van der Waals surface area contributed by atoms with Crippen LogP contribution in [0.2, 0.25) is 5.15 Å². The molecule has 1 aliphatic rings. The van der Waals surface area contributed by atoms with Crippen LogP contribution in [0.5, 0.6) is 0 Å². The van der Waals surface area contributed by atoms with Crippen molar-refractivity contribution in [1.29, 1.82) is 0 Å². The molecule has 5 rings (SSSR count).